The van der Waals surface area contributed by atoms with Crippen molar-refractivity contribution in [3.05, 3.63) is 30.1 Å². The normalized spacial score (nSPS) is 12.4. The molecule has 0 saturated carbocycles. The first-order valence-corrected chi connectivity index (χ1v) is 11.9. The van der Waals surface area contributed by atoms with Crippen LogP contribution in [0.5, 0.6) is 0 Å². The summed E-state index contributed by atoms with van der Waals surface area (Å²) in [6.07, 6.45) is 4.65. The van der Waals surface area contributed by atoms with Crippen molar-refractivity contribution in [3.63, 3.8) is 0 Å². The zero-order chi connectivity index (χ0) is 21.0. The number of benzene rings is 1. The maximum Gasteiger partial charge on any atom is 0.213 e. The van der Waals surface area contributed by atoms with Gasteiger partial charge in [0.1, 0.15) is 11.3 Å². The minimum atomic E-state index is -3.22. The molecule has 0 spiro atoms. The van der Waals surface area contributed by atoms with E-state index in [1.54, 1.807) is 13.8 Å². The Morgan fingerprint density at radius 3 is 2.62 bits per heavy atom. The van der Waals surface area contributed by atoms with Gasteiger partial charge in [-0.05, 0) is 39.2 Å². The van der Waals surface area contributed by atoms with Crippen LogP contribution in [-0.2, 0) is 23.0 Å². The highest BCUT2D eigenvalue weighted by Gasteiger charge is 2.17. The molecule has 29 heavy (non-hydrogen) atoms. The fourth-order valence-electron chi connectivity index (χ4n) is 3.45. The highest BCUT2D eigenvalue weighted by Crippen LogP contribution is 2.29. The second-order valence-corrected chi connectivity index (χ2v) is 10.0. The molecule has 0 bridgehead atoms. The van der Waals surface area contributed by atoms with E-state index in [1.165, 1.54) is 0 Å². The van der Waals surface area contributed by atoms with Crippen LogP contribution < -0.4 is 10.5 Å². The molecule has 0 unspecified atom stereocenters. The van der Waals surface area contributed by atoms with Gasteiger partial charge in [0.25, 0.3) is 0 Å². The van der Waals surface area contributed by atoms with Gasteiger partial charge in [0.15, 0.2) is 5.82 Å². The third kappa shape index (κ3) is 4.70. The van der Waals surface area contributed by atoms with Crippen LogP contribution in [0.2, 0.25) is 0 Å². The Kier molecular flexibility index (Phi) is 6.74. The number of anilines is 1. The zero-order valence-corrected chi connectivity index (χ0v) is 18.3. The Hall–Kier alpha value is -2.19. The second kappa shape index (κ2) is 9.09. The van der Waals surface area contributed by atoms with E-state index in [-0.39, 0.29) is 0 Å². The van der Waals surface area contributed by atoms with Crippen molar-refractivity contribution in [2.45, 2.75) is 64.7 Å². The number of unbranched alkanes of at least 4 members (excludes halogenated alkanes) is 2. The van der Waals surface area contributed by atoms with Crippen LogP contribution in [0.25, 0.3) is 21.9 Å². The number of rotatable bonds is 10. The molecule has 0 amide bonds. The summed E-state index contributed by atoms with van der Waals surface area (Å²) in [5.74, 6) is 1.48. The summed E-state index contributed by atoms with van der Waals surface area (Å²) in [6.45, 7) is 6.75. The smallest absolute Gasteiger partial charge is 0.213 e. The van der Waals surface area contributed by atoms with Crippen molar-refractivity contribution >= 4 is 37.8 Å². The lowest BCUT2D eigenvalue weighted by atomic mass is 10.2. The summed E-state index contributed by atoms with van der Waals surface area (Å²) in [7, 11) is -3.22. The topological polar surface area (TPSA) is 103 Å². The molecule has 1 aromatic carbocycles. The number of nitrogens with two attached hydrogens (primary N) is 1. The first-order valence-electron chi connectivity index (χ1n) is 10.4. The molecule has 3 rings (SSSR count). The maximum absolute atomic E-state index is 11.9. The van der Waals surface area contributed by atoms with Crippen molar-refractivity contribution in [2.75, 3.05) is 12.3 Å². The van der Waals surface area contributed by atoms with Gasteiger partial charge in [-0.1, -0.05) is 31.5 Å². The molecule has 3 aromatic rings. The number of nitrogens with one attached hydrogen (secondary N) is 1. The first-order chi connectivity index (χ1) is 13.8. The number of nitrogen functional groups attached to an aromatic ring is 1. The minimum Gasteiger partial charge on any atom is -0.382 e. The van der Waals surface area contributed by atoms with Gasteiger partial charge in [-0.25, -0.2) is 23.1 Å². The molecule has 0 aliphatic carbocycles. The predicted molar refractivity (Wildman–Crippen MR) is 119 cm³/mol. The number of fused-ring (bicyclic) bond motifs is 3. The molecule has 2 heterocycles. The highest BCUT2D eigenvalue weighted by molar-refractivity contribution is 7.90. The number of hydrogen-bond donors (Lipinski definition) is 2. The summed E-state index contributed by atoms with van der Waals surface area (Å²) in [5, 5.41) is 0.634. The summed E-state index contributed by atoms with van der Waals surface area (Å²) < 4.78 is 28.7. The summed E-state index contributed by atoms with van der Waals surface area (Å²) in [4.78, 5) is 9.34. The van der Waals surface area contributed by atoms with Gasteiger partial charge in [0.05, 0.1) is 16.3 Å². The number of imidazole rings is 1. The molecule has 0 saturated heterocycles. The molecular formula is C21H31N5O2S. The van der Waals surface area contributed by atoms with E-state index in [2.05, 4.69) is 27.3 Å². The van der Waals surface area contributed by atoms with Crippen LogP contribution >= 0.6 is 0 Å². The first kappa shape index (κ1) is 21.5. The number of pyridine rings is 1. The summed E-state index contributed by atoms with van der Waals surface area (Å²) >= 11 is 0. The number of aromatic nitrogens is 3. The van der Waals surface area contributed by atoms with E-state index in [0.717, 1.165) is 66.4 Å². The van der Waals surface area contributed by atoms with E-state index in [4.69, 9.17) is 10.7 Å². The molecule has 0 aliphatic rings. The van der Waals surface area contributed by atoms with Crippen LogP contribution in [0, 0.1) is 0 Å². The zero-order valence-electron chi connectivity index (χ0n) is 17.5. The molecular weight excluding hydrogens is 386 g/mol. The fourth-order valence-corrected chi connectivity index (χ4v) is 4.21. The average Bonchev–Trinajstić information content (AvgIpc) is 3.05. The van der Waals surface area contributed by atoms with Crippen LogP contribution in [0.4, 0.5) is 5.82 Å². The molecule has 7 nitrogen and oxygen atoms in total. The van der Waals surface area contributed by atoms with E-state index in [0.29, 0.717) is 12.4 Å². The Morgan fingerprint density at radius 2 is 1.90 bits per heavy atom. The predicted octanol–water partition coefficient (Wildman–Crippen LogP) is 3.62. The van der Waals surface area contributed by atoms with Crippen LogP contribution in [0.3, 0.4) is 0 Å². The third-order valence-corrected chi connectivity index (χ3v) is 7.02. The molecule has 0 radical (unpaired) electrons. The Labute approximate surface area is 172 Å². The Balaban J connectivity index is 1.86. The van der Waals surface area contributed by atoms with Crippen molar-refractivity contribution in [1.29, 1.82) is 0 Å². The van der Waals surface area contributed by atoms with Crippen LogP contribution in [-0.4, -0.2) is 34.7 Å². The molecule has 3 N–H and O–H groups in total. The van der Waals surface area contributed by atoms with E-state index < -0.39 is 15.3 Å². The number of hydrogen-bond acceptors (Lipinski definition) is 5. The molecule has 0 aliphatic heterocycles. The number of sulfonamides is 1. The van der Waals surface area contributed by atoms with Gasteiger partial charge in [0.2, 0.25) is 10.0 Å². The van der Waals surface area contributed by atoms with E-state index in [1.807, 2.05) is 18.2 Å². The quantitative estimate of drug-likeness (QED) is 0.491. The van der Waals surface area contributed by atoms with Gasteiger partial charge in [0, 0.05) is 24.9 Å². The second-order valence-electron chi connectivity index (χ2n) is 7.69. The molecule has 2 aromatic heterocycles. The van der Waals surface area contributed by atoms with Crippen molar-refractivity contribution in [1.82, 2.24) is 19.3 Å². The van der Waals surface area contributed by atoms with Gasteiger partial charge in [-0.15, -0.1) is 0 Å². The van der Waals surface area contributed by atoms with Gasteiger partial charge < -0.3 is 10.3 Å². The summed E-state index contributed by atoms with van der Waals surface area (Å²) in [5.41, 5.74) is 8.88. The highest BCUT2D eigenvalue weighted by atomic mass is 32.2. The third-order valence-electron chi connectivity index (χ3n) is 5.18. The van der Waals surface area contributed by atoms with Gasteiger partial charge >= 0.3 is 0 Å². The summed E-state index contributed by atoms with van der Waals surface area (Å²) in [6, 6.07) is 7.99. The number of nitrogens with zero attached hydrogens (tertiary/aromatic N) is 3. The Morgan fingerprint density at radius 1 is 1.14 bits per heavy atom. The Bertz CT molecular complexity index is 1090. The van der Waals surface area contributed by atoms with E-state index in [9.17, 15) is 8.42 Å². The SMILES string of the molecule is CCCCc1nc2c(N)nc3ccccc3c2n1CCCCNS(=O)(=O)C(C)C. The molecule has 8 heteroatoms. The monoisotopic (exact) mass is 417 g/mol. The van der Waals surface area contributed by atoms with Crippen LogP contribution in [0.15, 0.2) is 24.3 Å². The standard InChI is InChI=1S/C21H31N5O2S/c1-4-5-12-18-25-19-20(16-10-6-7-11-17(16)24-21(19)22)26(18)14-9-8-13-23-29(27,28)15(2)3/h6-7,10-11,15,23H,4-5,8-9,12-14H2,1-3H3,(H2,22,24). The van der Waals surface area contributed by atoms with E-state index >= 15 is 0 Å². The lowest BCUT2D eigenvalue weighted by Crippen LogP contribution is -2.31. The molecule has 158 valence electrons. The fraction of sp³-hybridized carbons (Fsp3) is 0.524. The largest absolute Gasteiger partial charge is 0.382 e. The van der Waals surface area contributed by atoms with Crippen molar-refractivity contribution < 1.29 is 8.42 Å². The number of aryl methyl sites for hydroxylation is 2. The lowest BCUT2D eigenvalue weighted by molar-refractivity contribution is 0.555. The maximum atomic E-state index is 11.9. The van der Waals surface area contributed by atoms with Crippen molar-refractivity contribution in [3.8, 4) is 0 Å². The minimum absolute atomic E-state index is 0.414. The van der Waals surface area contributed by atoms with Crippen molar-refractivity contribution in [2.24, 2.45) is 0 Å². The molecule has 0 fully saturated rings. The lowest BCUT2D eigenvalue weighted by Gasteiger charge is -2.12. The van der Waals surface area contributed by atoms with Gasteiger partial charge in [-0.2, -0.15) is 0 Å². The van der Waals surface area contributed by atoms with Gasteiger partial charge in [-0.3, -0.25) is 0 Å². The van der Waals surface area contributed by atoms with Crippen LogP contribution in [0.1, 0.15) is 52.3 Å². The number of para-hydroxylation sites is 1. The molecule has 0 atom stereocenters. The average molecular weight is 418 g/mol.